The molecule has 0 heterocycles. The van der Waals surface area contributed by atoms with Crippen LogP contribution in [0.5, 0.6) is 0 Å². The number of nitrogens with one attached hydrogen (secondary N) is 2. The van der Waals surface area contributed by atoms with Crippen molar-refractivity contribution in [3.05, 3.63) is 71.8 Å². The van der Waals surface area contributed by atoms with E-state index in [0.717, 1.165) is 19.6 Å². The first-order valence-corrected chi connectivity index (χ1v) is 13.1. The summed E-state index contributed by atoms with van der Waals surface area (Å²) in [5.41, 5.74) is 13.0. The molecule has 2 aromatic rings. The zero-order chi connectivity index (χ0) is 24.8. The number of unbranched alkanes of at least 4 members (excludes halogenated alkanes) is 3. The fourth-order valence-electron chi connectivity index (χ4n) is 2.55. The number of benzene rings is 2. The van der Waals surface area contributed by atoms with Crippen LogP contribution >= 0.6 is 0 Å². The maximum Gasteiger partial charge on any atom is 0.0205 e. The summed E-state index contributed by atoms with van der Waals surface area (Å²) in [5, 5.41) is 6.74. The third-order valence-corrected chi connectivity index (χ3v) is 4.65. The molecular formula is C29H54N4. The Kier molecular flexibility index (Phi) is 30.7. The van der Waals surface area contributed by atoms with E-state index in [9.17, 15) is 0 Å². The van der Waals surface area contributed by atoms with Crippen LogP contribution in [0.25, 0.3) is 0 Å². The van der Waals surface area contributed by atoms with Gasteiger partial charge in [0.1, 0.15) is 0 Å². The van der Waals surface area contributed by atoms with E-state index in [1.165, 1.54) is 69.2 Å². The minimum absolute atomic E-state index is 0.640. The summed E-state index contributed by atoms with van der Waals surface area (Å²) in [7, 11) is 0. The second kappa shape index (κ2) is 30.3. The molecule has 0 bridgehead atoms. The van der Waals surface area contributed by atoms with Gasteiger partial charge in [-0.25, -0.2) is 0 Å². The van der Waals surface area contributed by atoms with E-state index >= 15 is 0 Å². The number of rotatable bonds is 13. The lowest BCUT2D eigenvalue weighted by Gasteiger charge is -2.01. The molecule has 4 nitrogen and oxygen atoms in total. The molecule has 190 valence electrons. The van der Waals surface area contributed by atoms with Crippen LogP contribution in [-0.4, -0.2) is 26.2 Å². The molecular weight excluding hydrogens is 404 g/mol. The van der Waals surface area contributed by atoms with Gasteiger partial charge in [-0.3, -0.25) is 0 Å². The monoisotopic (exact) mass is 458 g/mol. The largest absolute Gasteiger partial charge is 0.330 e. The zero-order valence-corrected chi connectivity index (χ0v) is 22.1. The van der Waals surface area contributed by atoms with Crippen molar-refractivity contribution in [3.8, 4) is 0 Å². The fourth-order valence-corrected chi connectivity index (χ4v) is 2.55. The van der Waals surface area contributed by atoms with Crippen molar-refractivity contribution >= 4 is 0 Å². The van der Waals surface area contributed by atoms with Crippen LogP contribution in [0.1, 0.15) is 83.8 Å². The molecule has 0 atom stereocenters. The maximum atomic E-state index is 5.35. The minimum Gasteiger partial charge on any atom is -0.330 e. The van der Waals surface area contributed by atoms with Crippen molar-refractivity contribution in [2.45, 2.75) is 85.7 Å². The third kappa shape index (κ3) is 28.2. The van der Waals surface area contributed by atoms with E-state index in [-0.39, 0.29) is 0 Å². The molecule has 0 radical (unpaired) electrons. The molecule has 0 fully saturated rings. The first kappa shape index (κ1) is 33.5. The highest BCUT2D eigenvalue weighted by atomic mass is 14.8. The molecule has 2 aromatic carbocycles. The Morgan fingerprint density at radius 2 is 1.03 bits per heavy atom. The maximum absolute atomic E-state index is 5.35. The Labute approximate surface area is 205 Å². The first-order chi connectivity index (χ1) is 16.2. The lowest BCUT2D eigenvalue weighted by Crippen LogP contribution is -2.15. The molecule has 0 spiro atoms. The molecule has 4 heteroatoms. The Morgan fingerprint density at radius 1 is 0.545 bits per heavy atom. The average Bonchev–Trinajstić information content (AvgIpc) is 2.87. The van der Waals surface area contributed by atoms with Crippen LogP contribution in [-0.2, 0) is 13.1 Å². The highest BCUT2D eigenvalue weighted by molar-refractivity contribution is 5.14. The molecule has 0 aliphatic heterocycles. The summed E-state index contributed by atoms with van der Waals surface area (Å²) in [6.07, 6.45) is 8.84. The number of nitrogens with two attached hydrogens (primary N) is 2. The predicted molar refractivity (Wildman–Crippen MR) is 149 cm³/mol. The molecule has 33 heavy (non-hydrogen) atoms. The number of hydrogen-bond donors (Lipinski definition) is 4. The molecule has 2 rings (SSSR count). The molecule has 0 aromatic heterocycles. The topological polar surface area (TPSA) is 76.1 Å². The Balaban J connectivity index is 0. The van der Waals surface area contributed by atoms with Gasteiger partial charge in [-0.05, 0) is 63.0 Å². The summed E-state index contributed by atoms with van der Waals surface area (Å²) in [6, 6.07) is 20.5. The van der Waals surface area contributed by atoms with Gasteiger partial charge in [0.05, 0.1) is 0 Å². The van der Waals surface area contributed by atoms with E-state index in [1.54, 1.807) is 0 Å². The molecule has 0 unspecified atom stereocenters. The smallest absolute Gasteiger partial charge is 0.0205 e. The minimum atomic E-state index is 0.640. The summed E-state index contributed by atoms with van der Waals surface area (Å²) in [6.45, 7) is 14.8. The van der Waals surface area contributed by atoms with Gasteiger partial charge in [-0.2, -0.15) is 0 Å². The van der Waals surface area contributed by atoms with E-state index < -0.39 is 0 Å². The highest BCUT2D eigenvalue weighted by Crippen LogP contribution is 1.96. The molecule has 0 saturated heterocycles. The predicted octanol–water partition coefficient (Wildman–Crippen LogP) is 6.25. The van der Waals surface area contributed by atoms with E-state index in [1.807, 2.05) is 36.4 Å². The first-order valence-electron chi connectivity index (χ1n) is 13.1. The third-order valence-electron chi connectivity index (χ3n) is 4.65. The number of hydrogen-bond acceptors (Lipinski definition) is 4. The molecule has 0 aliphatic carbocycles. The van der Waals surface area contributed by atoms with Crippen molar-refractivity contribution in [1.29, 1.82) is 0 Å². The van der Waals surface area contributed by atoms with E-state index in [0.29, 0.717) is 6.54 Å². The Bertz CT molecular complexity index is 552. The van der Waals surface area contributed by atoms with E-state index in [4.69, 9.17) is 11.5 Å². The summed E-state index contributed by atoms with van der Waals surface area (Å²) < 4.78 is 0. The fraction of sp³-hybridized carbons (Fsp3) is 0.586. The molecule has 0 saturated carbocycles. The van der Waals surface area contributed by atoms with Gasteiger partial charge in [-0.15, -0.1) is 0 Å². The Hall–Kier alpha value is -1.72. The van der Waals surface area contributed by atoms with Crippen molar-refractivity contribution in [1.82, 2.24) is 10.6 Å². The molecule has 0 amide bonds. The quantitative estimate of drug-likeness (QED) is 0.267. The zero-order valence-electron chi connectivity index (χ0n) is 22.1. The SMILES string of the molecule is CCCCN.CCCCNCCCC.CCCNCc1ccccc1.NCc1ccccc1. The summed E-state index contributed by atoms with van der Waals surface area (Å²) in [5.74, 6) is 0. The van der Waals surface area contributed by atoms with Crippen LogP contribution in [0.2, 0.25) is 0 Å². The average molecular weight is 459 g/mol. The van der Waals surface area contributed by atoms with Crippen LogP contribution in [0.4, 0.5) is 0 Å². The summed E-state index contributed by atoms with van der Waals surface area (Å²) >= 11 is 0. The normalized spacial score (nSPS) is 9.52. The highest BCUT2D eigenvalue weighted by Gasteiger charge is 1.87. The lowest BCUT2D eigenvalue weighted by atomic mass is 10.2. The summed E-state index contributed by atoms with van der Waals surface area (Å²) in [4.78, 5) is 0. The van der Waals surface area contributed by atoms with Gasteiger partial charge in [-0.1, -0.05) is 108 Å². The van der Waals surface area contributed by atoms with Crippen LogP contribution in [0.15, 0.2) is 60.7 Å². The van der Waals surface area contributed by atoms with Crippen LogP contribution in [0, 0.1) is 0 Å². The second-order valence-corrected chi connectivity index (χ2v) is 7.95. The van der Waals surface area contributed by atoms with Gasteiger partial charge in [0, 0.05) is 13.1 Å². The van der Waals surface area contributed by atoms with Gasteiger partial charge in [0.2, 0.25) is 0 Å². The lowest BCUT2D eigenvalue weighted by molar-refractivity contribution is 0.611. The standard InChI is InChI=1S/C10H15N.C8H19N.C7H9N.C4H11N/c1-2-8-11-9-10-6-4-3-5-7-10;1-3-5-7-9-8-6-4-2;8-6-7-4-2-1-3-5-7;1-2-3-4-5/h3-7,11H,2,8-9H2,1H3;9H,3-8H2,1-2H3;1-5H,6,8H2;2-5H2,1H3. The van der Waals surface area contributed by atoms with E-state index in [2.05, 4.69) is 62.6 Å². The second-order valence-electron chi connectivity index (χ2n) is 7.95. The van der Waals surface area contributed by atoms with Crippen molar-refractivity contribution in [2.75, 3.05) is 26.2 Å². The van der Waals surface area contributed by atoms with Crippen molar-refractivity contribution in [2.24, 2.45) is 11.5 Å². The molecule has 6 N–H and O–H groups in total. The van der Waals surface area contributed by atoms with Crippen molar-refractivity contribution < 1.29 is 0 Å². The molecule has 0 aliphatic rings. The Morgan fingerprint density at radius 3 is 1.36 bits per heavy atom. The van der Waals surface area contributed by atoms with Crippen LogP contribution in [0.3, 0.4) is 0 Å². The van der Waals surface area contributed by atoms with Crippen molar-refractivity contribution in [3.63, 3.8) is 0 Å². The van der Waals surface area contributed by atoms with Gasteiger partial charge < -0.3 is 22.1 Å². The van der Waals surface area contributed by atoms with Gasteiger partial charge in [0.25, 0.3) is 0 Å². The van der Waals surface area contributed by atoms with Gasteiger partial charge in [0.15, 0.2) is 0 Å². The van der Waals surface area contributed by atoms with Crippen LogP contribution < -0.4 is 22.1 Å². The van der Waals surface area contributed by atoms with Gasteiger partial charge >= 0.3 is 0 Å².